The van der Waals surface area contributed by atoms with Gasteiger partial charge >= 0.3 is 0 Å². The lowest BCUT2D eigenvalue weighted by atomic mass is 10.1. The lowest BCUT2D eigenvalue weighted by Crippen LogP contribution is -2.38. The van der Waals surface area contributed by atoms with E-state index in [-0.39, 0.29) is 24.0 Å². The van der Waals surface area contributed by atoms with Crippen LogP contribution >= 0.6 is 24.0 Å². The van der Waals surface area contributed by atoms with Gasteiger partial charge in [0.1, 0.15) is 5.75 Å². The molecule has 2 rings (SSSR count). The Labute approximate surface area is 185 Å². The predicted octanol–water partition coefficient (Wildman–Crippen LogP) is 3.20. The van der Waals surface area contributed by atoms with Gasteiger partial charge in [-0.15, -0.1) is 24.0 Å². The van der Waals surface area contributed by atoms with Crippen molar-refractivity contribution in [2.75, 3.05) is 47.6 Å². The van der Waals surface area contributed by atoms with Crippen LogP contribution in [0.2, 0.25) is 0 Å². The number of hydrogen-bond acceptors (Lipinski definition) is 5. The molecule has 1 aromatic rings. The summed E-state index contributed by atoms with van der Waals surface area (Å²) in [7, 11) is 4.87. The summed E-state index contributed by atoms with van der Waals surface area (Å²) in [5, 5.41) is 6.61. The fraction of sp³-hybridized carbons (Fsp3) is 0.650. The Bertz CT molecular complexity index is 609. The number of methoxy groups -OCH3 is 3. The SMILES string of the molecule is CCNC(=NCc1cc(OC)c(OC)cc1OC)NCCCOCC1CC1.I. The summed E-state index contributed by atoms with van der Waals surface area (Å²) in [6, 6.07) is 3.72. The van der Waals surface area contributed by atoms with Crippen LogP contribution in [0.5, 0.6) is 17.2 Å². The minimum absolute atomic E-state index is 0. The zero-order chi connectivity index (χ0) is 19.5. The normalized spacial score (nSPS) is 13.5. The van der Waals surface area contributed by atoms with Gasteiger partial charge in [-0.25, -0.2) is 4.99 Å². The first-order valence-electron chi connectivity index (χ1n) is 9.60. The first-order chi connectivity index (χ1) is 13.2. The van der Waals surface area contributed by atoms with Gasteiger partial charge in [0.05, 0.1) is 27.9 Å². The molecule has 1 aliphatic carbocycles. The molecule has 0 amide bonds. The summed E-state index contributed by atoms with van der Waals surface area (Å²) >= 11 is 0. The number of benzene rings is 1. The van der Waals surface area contributed by atoms with Gasteiger partial charge < -0.3 is 29.6 Å². The molecule has 0 aliphatic heterocycles. The Hall–Kier alpha value is -1.42. The summed E-state index contributed by atoms with van der Waals surface area (Å²) in [6.45, 7) is 5.83. The summed E-state index contributed by atoms with van der Waals surface area (Å²) in [5.41, 5.74) is 0.931. The molecule has 0 atom stereocenters. The second-order valence-corrected chi connectivity index (χ2v) is 6.51. The molecule has 0 heterocycles. The van der Waals surface area contributed by atoms with Gasteiger partial charge in [-0.2, -0.15) is 0 Å². The van der Waals surface area contributed by atoms with Crippen LogP contribution in [0, 0.1) is 5.92 Å². The molecule has 1 aliphatic rings. The highest BCUT2D eigenvalue weighted by Gasteiger charge is 2.20. The van der Waals surface area contributed by atoms with Crippen LogP contribution in [0.4, 0.5) is 0 Å². The quantitative estimate of drug-likeness (QED) is 0.196. The molecule has 1 saturated carbocycles. The first-order valence-corrected chi connectivity index (χ1v) is 9.60. The van der Waals surface area contributed by atoms with Crippen molar-refractivity contribution in [1.82, 2.24) is 10.6 Å². The fourth-order valence-electron chi connectivity index (χ4n) is 2.64. The van der Waals surface area contributed by atoms with Crippen LogP contribution in [0.15, 0.2) is 17.1 Å². The van der Waals surface area contributed by atoms with E-state index in [2.05, 4.69) is 15.6 Å². The molecule has 2 N–H and O–H groups in total. The molecular weight excluding hydrogens is 473 g/mol. The number of nitrogens with zero attached hydrogens (tertiary/aromatic N) is 1. The smallest absolute Gasteiger partial charge is 0.191 e. The third-order valence-electron chi connectivity index (χ3n) is 4.35. The van der Waals surface area contributed by atoms with E-state index in [1.165, 1.54) is 12.8 Å². The van der Waals surface area contributed by atoms with Crippen molar-refractivity contribution >= 4 is 29.9 Å². The average Bonchev–Trinajstić information content (AvgIpc) is 3.52. The lowest BCUT2D eigenvalue weighted by molar-refractivity contribution is 0.123. The van der Waals surface area contributed by atoms with Crippen molar-refractivity contribution in [3.63, 3.8) is 0 Å². The maximum absolute atomic E-state index is 5.66. The number of aliphatic imine (C=N–C) groups is 1. The zero-order valence-electron chi connectivity index (χ0n) is 17.4. The number of rotatable bonds is 12. The number of ether oxygens (including phenoxy) is 4. The zero-order valence-corrected chi connectivity index (χ0v) is 19.7. The standard InChI is InChI=1S/C20H33N3O4.HI/c1-5-21-20(22-9-6-10-27-14-15-7-8-15)23-13-16-11-18(25-3)19(26-4)12-17(16)24-2;/h11-12,15H,5-10,13-14H2,1-4H3,(H2,21,22,23);1H. The fourth-order valence-corrected chi connectivity index (χ4v) is 2.64. The molecule has 0 unspecified atom stereocenters. The Morgan fingerprint density at radius 3 is 2.32 bits per heavy atom. The summed E-state index contributed by atoms with van der Waals surface area (Å²) in [5.74, 6) is 3.61. The van der Waals surface area contributed by atoms with E-state index in [0.29, 0.717) is 18.0 Å². The first kappa shape index (κ1) is 24.6. The highest BCUT2D eigenvalue weighted by atomic mass is 127. The molecule has 0 bridgehead atoms. The molecule has 7 nitrogen and oxygen atoms in total. The summed E-state index contributed by atoms with van der Waals surface area (Å²) < 4.78 is 21.8. The Morgan fingerprint density at radius 2 is 1.71 bits per heavy atom. The largest absolute Gasteiger partial charge is 0.496 e. The van der Waals surface area contributed by atoms with Gasteiger partial charge in [0.25, 0.3) is 0 Å². The van der Waals surface area contributed by atoms with E-state index in [1.807, 2.05) is 19.1 Å². The van der Waals surface area contributed by atoms with E-state index in [9.17, 15) is 0 Å². The van der Waals surface area contributed by atoms with Crippen LogP contribution in [-0.4, -0.2) is 53.6 Å². The minimum Gasteiger partial charge on any atom is -0.496 e. The topological polar surface area (TPSA) is 73.3 Å². The van der Waals surface area contributed by atoms with Crippen LogP contribution in [0.1, 0.15) is 31.7 Å². The molecule has 1 fully saturated rings. The lowest BCUT2D eigenvalue weighted by Gasteiger charge is -2.14. The van der Waals surface area contributed by atoms with Gasteiger partial charge in [0, 0.05) is 37.9 Å². The predicted molar refractivity (Wildman–Crippen MR) is 122 cm³/mol. The van der Waals surface area contributed by atoms with Crippen LogP contribution in [-0.2, 0) is 11.3 Å². The number of halogens is 1. The van der Waals surface area contributed by atoms with Gasteiger partial charge in [-0.05, 0) is 38.2 Å². The monoisotopic (exact) mass is 507 g/mol. The van der Waals surface area contributed by atoms with Crippen molar-refractivity contribution in [3.8, 4) is 17.2 Å². The van der Waals surface area contributed by atoms with E-state index in [1.54, 1.807) is 21.3 Å². The maximum atomic E-state index is 5.66. The number of hydrogen-bond donors (Lipinski definition) is 2. The molecule has 160 valence electrons. The maximum Gasteiger partial charge on any atom is 0.191 e. The van der Waals surface area contributed by atoms with Crippen molar-refractivity contribution in [2.24, 2.45) is 10.9 Å². The van der Waals surface area contributed by atoms with E-state index in [0.717, 1.165) is 55.9 Å². The van der Waals surface area contributed by atoms with Gasteiger partial charge in [0.15, 0.2) is 17.5 Å². The van der Waals surface area contributed by atoms with Crippen LogP contribution in [0.3, 0.4) is 0 Å². The van der Waals surface area contributed by atoms with Crippen LogP contribution < -0.4 is 24.8 Å². The Balaban J connectivity index is 0.00000392. The molecule has 28 heavy (non-hydrogen) atoms. The minimum atomic E-state index is 0. The third kappa shape index (κ3) is 8.30. The van der Waals surface area contributed by atoms with Crippen molar-refractivity contribution < 1.29 is 18.9 Å². The second-order valence-electron chi connectivity index (χ2n) is 6.51. The second kappa shape index (κ2) is 13.7. The van der Waals surface area contributed by atoms with Crippen molar-refractivity contribution in [3.05, 3.63) is 17.7 Å². The van der Waals surface area contributed by atoms with Gasteiger partial charge in [0.2, 0.25) is 0 Å². The highest BCUT2D eigenvalue weighted by molar-refractivity contribution is 14.0. The van der Waals surface area contributed by atoms with Crippen molar-refractivity contribution in [2.45, 2.75) is 32.7 Å². The third-order valence-corrected chi connectivity index (χ3v) is 4.35. The highest BCUT2D eigenvalue weighted by Crippen LogP contribution is 2.34. The molecular formula is C20H34IN3O4. The molecule has 8 heteroatoms. The number of nitrogens with one attached hydrogen (secondary N) is 2. The van der Waals surface area contributed by atoms with E-state index < -0.39 is 0 Å². The Morgan fingerprint density at radius 1 is 1.04 bits per heavy atom. The number of guanidine groups is 1. The van der Waals surface area contributed by atoms with E-state index >= 15 is 0 Å². The molecule has 0 aromatic heterocycles. The summed E-state index contributed by atoms with van der Waals surface area (Å²) in [6.07, 6.45) is 3.61. The Kier molecular flexibility index (Phi) is 12.1. The molecule has 0 spiro atoms. The summed E-state index contributed by atoms with van der Waals surface area (Å²) in [4.78, 5) is 4.66. The van der Waals surface area contributed by atoms with Gasteiger partial charge in [-0.1, -0.05) is 0 Å². The molecule has 0 saturated heterocycles. The van der Waals surface area contributed by atoms with E-state index in [4.69, 9.17) is 18.9 Å². The van der Waals surface area contributed by atoms with Crippen LogP contribution in [0.25, 0.3) is 0 Å². The molecule has 0 radical (unpaired) electrons. The van der Waals surface area contributed by atoms with Gasteiger partial charge in [-0.3, -0.25) is 0 Å². The van der Waals surface area contributed by atoms with Crippen molar-refractivity contribution in [1.29, 1.82) is 0 Å². The molecule has 1 aromatic carbocycles. The average molecular weight is 507 g/mol.